The lowest BCUT2D eigenvalue weighted by Crippen LogP contribution is -2.41. The van der Waals surface area contributed by atoms with Crippen LogP contribution in [-0.4, -0.2) is 29.2 Å². The molecule has 3 aromatic rings. The van der Waals surface area contributed by atoms with E-state index in [-0.39, 0.29) is 30.4 Å². The number of amides is 1. The Labute approximate surface area is 164 Å². The van der Waals surface area contributed by atoms with Gasteiger partial charge in [0.2, 0.25) is 5.91 Å². The number of nitrogens with zero attached hydrogens (tertiary/aromatic N) is 1. The van der Waals surface area contributed by atoms with Crippen LogP contribution in [0.2, 0.25) is 0 Å². The van der Waals surface area contributed by atoms with E-state index < -0.39 is 0 Å². The first-order valence-electron chi connectivity index (χ1n) is 9.57. The second-order valence-corrected chi connectivity index (χ2v) is 7.42. The van der Waals surface area contributed by atoms with Crippen molar-refractivity contribution < 1.29 is 14.6 Å². The first kappa shape index (κ1) is 18.4. The van der Waals surface area contributed by atoms with Crippen molar-refractivity contribution in [3.8, 4) is 5.75 Å². The molecule has 0 saturated heterocycles. The maximum atomic E-state index is 12.8. The zero-order valence-electron chi connectivity index (χ0n) is 15.8. The van der Waals surface area contributed by atoms with Crippen LogP contribution < -0.4 is 10.1 Å². The van der Waals surface area contributed by atoms with Gasteiger partial charge in [0.1, 0.15) is 5.75 Å². The largest absolute Gasteiger partial charge is 0.497 e. The molecule has 1 aromatic heterocycles. The Balaban J connectivity index is 1.54. The minimum absolute atomic E-state index is 0.0483. The summed E-state index contributed by atoms with van der Waals surface area (Å²) in [5.41, 5.74) is 2.82. The first-order valence-corrected chi connectivity index (χ1v) is 9.57. The molecule has 1 aliphatic rings. The monoisotopic (exact) mass is 376 g/mol. The Kier molecular flexibility index (Phi) is 5.26. The molecule has 0 aliphatic heterocycles. The maximum absolute atomic E-state index is 12.8. The SMILES string of the molecule is COc1cccc(CC(=O)N[C@@H](c2cnc3ccccc3c2)C2CC(O)C2)c1. The highest BCUT2D eigenvalue weighted by Gasteiger charge is 2.35. The number of benzene rings is 2. The van der Waals surface area contributed by atoms with Crippen molar-refractivity contribution in [3.05, 3.63) is 71.9 Å². The summed E-state index contributed by atoms with van der Waals surface area (Å²) in [6.45, 7) is 0. The topological polar surface area (TPSA) is 71.5 Å². The number of carbonyl (C=O) groups excluding carboxylic acids is 1. The van der Waals surface area contributed by atoms with Crippen LogP contribution in [-0.2, 0) is 11.2 Å². The number of ether oxygens (including phenoxy) is 1. The van der Waals surface area contributed by atoms with E-state index in [4.69, 9.17) is 4.74 Å². The third-order valence-corrected chi connectivity index (χ3v) is 5.41. The number of carbonyl (C=O) groups is 1. The molecule has 5 heteroatoms. The summed E-state index contributed by atoms with van der Waals surface area (Å²) in [7, 11) is 1.61. The summed E-state index contributed by atoms with van der Waals surface area (Å²) in [4.78, 5) is 17.3. The summed E-state index contributed by atoms with van der Waals surface area (Å²) >= 11 is 0. The van der Waals surface area contributed by atoms with Crippen LogP contribution >= 0.6 is 0 Å². The van der Waals surface area contributed by atoms with Crippen molar-refractivity contribution in [1.29, 1.82) is 0 Å². The van der Waals surface area contributed by atoms with Crippen LogP contribution in [0.25, 0.3) is 10.9 Å². The normalized spacial score (nSPS) is 19.6. The Morgan fingerprint density at radius 1 is 1.21 bits per heavy atom. The molecular formula is C23H24N2O3. The lowest BCUT2D eigenvalue weighted by Gasteiger charge is -2.38. The van der Waals surface area contributed by atoms with Gasteiger partial charge in [0.25, 0.3) is 0 Å². The van der Waals surface area contributed by atoms with Gasteiger partial charge in [-0.2, -0.15) is 0 Å². The molecule has 0 bridgehead atoms. The van der Waals surface area contributed by atoms with E-state index in [1.807, 2.05) is 54.7 Å². The van der Waals surface area contributed by atoms with Crippen molar-refractivity contribution >= 4 is 16.8 Å². The van der Waals surface area contributed by atoms with Gasteiger partial charge in [0.15, 0.2) is 0 Å². The molecular weight excluding hydrogens is 352 g/mol. The van der Waals surface area contributed by atoms with Gasteiger partial charge >= 0.3 is 0 Å². The average molecular weight is 376 g/mol. The molecule has 4 rings (SSSR count). The number of rotatable bonds is 6. The Bertz CT molecular complexity index is 982. The van der Waals surface area contributed by atoms with Crippen LogP contribution in [0.5, 0.6) is 5.75 Å². The molecule has 2 N–H and O–H groups in total. The number of pyridine rings is 1. The van der Waals surface area contributed by atoms with Crippen LogP contribution in [0.4, 0.5) is 0 Å². The minimum atomic E-state index is -0.281. The van der Waals surface area contributed by atoms with E-state index in [1.54, 1.807) is 7.11 Å². The molecule has 1 heterocycles. The summed E-state index contributed by atoms with van der Waals surface area (Å²) < 4.78 is 5.24. The highest BCUT2D eigenvalue weighted by atomic mass is 16.5. The van der Waals surface area contributed by atoms with Crippen LogP contribution in [0, 0.1) is 5.92 Å². The number of hydrogen-bond donors (Lipinski definition) is 2. The number of nitrogens with one attached hydrogen (secondary N) is 1. The molecule has 1 aliphatic carbocycles. The van der Waals surface area contributed by atoms with Crippen molar-refractivity contribution in [1.82, 2.24) is 10.3 Å². The molecule has 1 fully saturated rings. The number of aliphatic hydroxyl groups is 1. The van der Waals surface area contributed by atoms with E-state index >= 15 is 0 Å². The molecule has 2 aromatic carbocycles. The molecule has 0 unspecified atom stereocenters. The van der Waals surface area contributed by atoms with E-state index in [9.17, 15) is 9.90 Å². The van der Waals surface area contributed by atoms with Crippen LogP contribution in [0.15, 0.2) is 60.8 Å². The molecule has 1 saturated carbocycles. The number of para-hydroxylation sites is 1. The molecule has 144 valence electrons. The Morgan fingerprint density at radius 2 is 2.04 bits per heavy atom. The third kappa shape index (κ3) is 3.99. The van der Waals surface area contributed by atoms with Crippen LogP contribution in [0.1, 0.15) is 30.0 Å². The predicted molar refractivity (Wildman–Crippen MR) is 108 cm³/mol. The molecule has 28 heavy (non-hydrogen) atoms. The second kappa shape index (κ2) is 7.98. The lowest BCUT2D eigenvalue weighted by atomic mass is 9.75. The zero-order chi connectivity index (χ0) is 19.5. The van der Waals surface area contributed by atoms with Crippen molar-refractivity contribution in [2.45, 2.75) is 31.4 Å². The highest BCUT2D eigenvalue weighted by molar-refractivity contribution is 5.81. The summed E-state index contributed by atoms with van der Waals surface area (Å²) in [6.07, 6.45) is 3.22. The van der Waals surface area contributed by atoms with Gasteiger partial charge in [-0.1, -0.05) is 30.3 Å². The predicted octanol–water partition coefficient (Wildman–Crippen LogP) is 3.41. The third-order valence-electron chi connectivity index (χ3n) is 5.41. The molecule has 0 radical (unpaired) electrons. The van der Waals surface area contributed by atoms with E-state index in [0.717, 1.165) is 27.8 Å². The fraction of sp³-hybridized carbons (Fsp3) is 0.304. The Morgan fingerprint density at radius 3 is 2.82 bits per heavy atom. The second-order valence-electron chi connectivity index (χ2n) is 7.42. The van der Waals surface area contributed by atoms with Gasteiger partial charge in [0.05, 0.1) is 31.2 Å². The lowest BCUT2D eigenvalue weighted by molar-refractivity contribution is -0.122. The summed E-state index contributed by atoms with van der Waals surface area (Å²) in [5, 5.41) is 14.0. The zero-order valence-corrected chi connectivity index (χ0v) is 15.8. The number of aliphatic hydroxyl groups excluding tert-OH is 1. The van der Waals surface area contributed by atoms with E-state index in [2.05, 4.69) is 16.4 Å². The van der Waals surface area contributed by atoms with Crippen molar-refractivity contribution in [2.24, 2.45) is 5.92 Å². The molecule has 1 atom stereocenters. The smallest absolute Gasteiger partial charge is 0.224 e. The van der Waals surface area contributed by atoms with Gasteiger partial charge in [0, 0.05) is 11.6 Å². The van der Waals surface area contributed by atoms with Gasteiger partial charge in [-0.15, -0.1) is 0 Å². The van der Waals surface area contributed by atoms with Crippen LogP contribution in [0.3, 0.4) is 0 Å². The molecule has 1 amide bonds. The highest BCUT2D eigenvalue weighted by Crippen LogP contribution is 2.38. The van der Waals surface area contributed by atoms with E-state index in [1.165, 1.54) is 0 Å². The minimum Gasteiger partial charge on any atom is -0.497 e. The summed E-state index contributed by atoms with van der Waals surface area (Å²) in [6, 6.07) is 17.4. The quantitative estimate of drug-likeness (QED) is 0.692. The standard InChI is InChI=1S/C23H24N2O3/c1-28-20-7-4-5-15(9-20)10-22(27)25-23(17-12-19(26)13-17)18-11-16-6-2-3-8-21(16)24-14-18/h2-9,11,14,17,19,23,26H,10,12-13H2,1H3,(H,25,27)/t17?,19?,23-/m1/s1. The Hall–Kier alpha value is -2.92. The average Bonchev–Trinajstić information content (AvgIpc) is 2.69. The first-order chi connectivity index (χ1) is 13.6. The summed E-state index contributed by atoms with van der Waals surface area (Å²) in [5.74, 6) is 0.905. The number of hydrogen-bond acceptors (Lipinski definition) is 4. The van der Waals surface area contributed by atoms with Crippen molar-refractivity contribution in [3.63, 3.8) is 0 Å². The van der Waals surface area contributed by atoms with Gasteiger partial charge in [-0.25, -0.2) is 0 Å². The fourth-order valence-electron chi connectivity index (χ4n) is 3.83. The number of methoxy groups -OCH3 is 1. The maximum Gasteiger partial charge on any atom is 0.224 e. The van der Waals surface area contributed by atoms with Gasteiger partial charge < -0.3 is 15.2 Å². The number of fused-ring (bicyclic) bond motifs is 1. The van der Waals surface area contributed by atoms with Gasteiger partial charge in [-0.3, -0.25) is 9.78 Å². The van der Waals surface area contributed by atoms with Crippen molar-refractivity contribution in [2.75, 3.05) is 7.11 Å². The fourth-order valence-corrected chi connectivity index (χ4v) is 3.83. The van der Waals surface area contributed by atoms with Gasteiger partial charge in [-0.05, 0) is 54.2 Å². The van der Waals surface area contributed by atoms with E-state index in [0.29, 0.717) is 12.8 Å². The molecule has 5 nitrogen and oxygen atoms in total. The molecule has 0 spiro atoms. The number of aromatic nitrogens is 1.